The van der Waals surface area contributed by atoms with E-state index in [2.05, 4.69) is 4.84 Å². The van der Waals surface area contributed by atoms with Crippen LogP contribution in [0, 0.1) is 10.1 Å². The summed E-state index contributed by atoms with van der Waals surface area (Å²) < 4.78 is 1.54. The summed E-state index contributed by atoms with van der Waals surface area (Å²) >= 11 is 0.923. The number of hydrogen-bond donors (Lipinski definition) is 0. The molecule has 0 aliphatic heterocycles. The third kappa shape index (κ3) is 2.38. The third-order valence-electron chi connectivity index (χ3n) is 2.29. The van der Waals surface area contributed by atoms with Gasteiger partial charge in [-0.1, -0.05) is 23.5 Å². The number of aromatic nitrogens is 1. The van der Waals surface area contributed by atoms with Crippen LogP contribution in [0.4, 0.5) is 0 Å². The third-order valence-corrected chi connectivity index (χ3v) is 3.26. The normalized spacial score (nSPS) is 10.4. The number of hydrogen-bond acceptors (Lipinski definition) is 6. The van der Waals surface area contributed by atoms with Crippen molar-refractivity contribution in [3.8, 4) is 0 Å². The zero-order valence-electron chi connectivity index (χ0n) is 9.07. The summed E-state index contributed by atoms with van der Waals surface area (Å²) in [6, 6.07) is 6.72. The van der Waals surface area contributed by atoms with Gasteiger partial charge in [0.25, 0.3) is 10.6 Å². The van der Waals surface area contributed by atoms with Crippen LogP contribution in [0.25, 0.3) is 10.1 Å². The Balaban J connectivity index is 2.42. The fourth-order valence-electron chi connectivity index (χ4n) is 1.51. The topological polar surface area (TPSA) is 91.4 Å². The molecule has 0 saturated carbocycles. The van der Waals surface area contributed by atoms with Crippen molar-refractivity contribution < 1.29 is 9.92 Å². The van der Waals surface area contributed by atoms with Crippen molar-refractivity contribution in [3.63, 3.8) is 0 Å². The molecule has 0 aliphatic carbocycles. The van der Waals surface area contributed by atoms with E-state index in [0.717, 1.165) is 15.9 Å². The highest BCUT2D eigenvalue weighted by atomic mass is 32.1. The number of rotatable bonds is 4. The minimum atomic E-state index is -0.958. The van der Waals surface area contributed by atoms with Crippen LogP contribution in [0.5, 0.6) is 0 Å². The van der Waals surface area contributed by atoms with Crippen LogP contribution in [0.3, 0.4) is 0 Å². The molecule has 0 saturated heterocycles. The SMILES string of the molecule is O=c1sc2ccccc2c(=O)n1CCO[N+](=O)[O-]. The number of benzene rings is 1. The number of fused-ring (bicyclic) bond motifs is 1. The predicted molar refractivity (Wildman–Crippen MR) is 65.3 cm³/mol. The van der Waals surface area contributed by atoms with Crippen molar-refractivity contribution in [1.29, 1.82) is 0 Å². The second-order valence-electron chi connectivity index (χ2n) is 3.38. The van der Waals surface area contributed by atoms with Crippen LogP contribution >= 0.6 is 11.3 Å². The molecule has 0 amide bonds. The van der Waals surface area contributed by atoms with Crippen molar-refractivity contribution in [2.75, 3.05) is 6.61 Å². The highest BCUT2D eigenvalue weighted by molar-refractivity contribution is 7.16. The largest absolute Gasteiger partial charge is 0.312 e. The Bertz CT molecular complexity index is 705. The molecular formula is C10H8N2O5S. The highest BCUT2D eigenvalue weighted by Crippen LogP contribution is 2.10. The number of nitrogens with zero attached hydrogens (tertiary/aromatic N) is 2. The first-order valence-electron chi connectivity index (χ1n) is 4.99. The van der Waals surface area contributed by atoms with Crippen LogP contribution < -0.4 is 10.4 Å². The maximum absolute atomic E-state index is 12.0. The lowest BCUT2D eigenvalue weighted by Crippen LogP contribution is -2.32. The van der Waals surface area contributed by atoms with E-state index in [-0.39, 0.29) is 13.2 Å². The summed E-state index contributed by atoms with van der Waals surface area (Å²) in [7, 11) is 0. The summed E-state index contributed by atoms with van der Waals surface area (Å²) in [5.74, 6) is 0. The van der Waals surface area contributed by atoms with Crippen LogP contribution in [0.15, 0.2) is 33.9 Å². The van der Waals surface area contributed by atoms with Gasteiger partial charge >= 0.3 is 4.87 Å². The van der Waals surface area contributed by atoms with Gasteiger partial charge in [0.15, 0.2) is 0 Å². The van der Waals surface area contributed by atoms with E-state index in [0.29, 0.717) is 10.1 Å². The molecule has 0 N–H and O–H groups in total. The van der Waals surface area contributed by atoms with Gasteiger partial charge in [0.1, 0.15) is 6.61 Å². The fraction of sp³-hybridized carbons (Fsp3) is 0.200. The lowest BCUT2D eigenvalue weighted by Gasteiger charge is -2.04. The Morgan fingerprint density at radius 3 is 2.78 bits per heavy atom. The first-order chi connectivity index (χ1) is 8.59. The van der Waals surface area contributed by atoms with Crippen LogP contribution in [0.2, 0.25) is 0 Å². The van der Waals surface area contributed by atoms with E-state index in [1.165, 1.54) is 0 Å². The molecule has 18 heavy (non-hydrogen) atoms. The second kappa shape index (κ2) is 4.96. The Kier molecular flexibility index (Phi) is 3.38. The smallest absolute Gasteiger partial charge is 0.310 e. The maximum Gasteiger partial charge on any atom is 0.310 e. The monoisotopic (exact) mass is 268 g/mol. The van der Waals surface area contributed by atoms with Gasteiger partial charge in [0, 0.05) is 4.70 Å². The molecule has 1 heterocycles. The van der Waals surface area contributed by atoms with Gasteiger partial charge in [0.2, 0.25) is 0 Å². The van der Waals surface area contributed by atoms with E-state index >= 15 is 0 Å². The highest BCUT2D eigenvalue weighted by Gasteiger charge is 2.07. The molecular weight excluding hydrogens is 260 g/mol. The zero-order chi connectivity index (χ0) is 13.1. The summed E-state index contributed by atoms with van der Waals surface area (Å²) in [5, 5.41) is 9.45. The lowest BCUT2D eigenvalue weighted by atomic mass is 10.3. The fourth-order valence-corrected chi connectivity index (χ4v) is 2.39. The van der Waals surface area contributed by atoms with Gasteiger partial charge in [0.05, 0.1) is 11.9 Å². The van der Waals surface area contributed by atoms with Crippen molar-refractivity contribution in [3.05, 3.63) is 54.4 Å². The minimum absolute atomic E-state index is 0.139. The molecule has 0 aliphatic rings. The molecule has 0 spiro atoms. The standard InChI is InChI=1S/C10H8N2O5S/c13-9-7-3-1-2-4-8(7)18-10(14)11(9)5-6-17-12(15)16/h1-4H,5-6H2. The molecule has 2 aromatic rings. The van der Waals surface area contributed by atoms with E-state index in [1.807, 2.05) is 0 Å². The molecule has 0 bridgehead atoms. The first kappa shape index (κ1) is 12.2. The summed E-state index contributed by atoms with van der Waals surface area (Å²) in [4.78, 5) is 37.3. The zero-order valence-corrected chi connectivity index (χ0v) is 9.88. The summed E-state index contributed by atoms with van der Waals surface area (Å²) in [6.45, 7) is -0.465. The minimum Gasteiger partial charge on any atom is -0.312 e. The van der Waals surface area contributed by atoms with Crippen molar-refractivity contribution in [2.45, 2.75) is 6.54 Å². The average molecular weight is 268 g/mol. The van der Waals surface area contributed by atoms with Crippen molar-refractivity contribution in [2.24, 2.45) is 0 Å². The molecule has 1 aromatic carbocycles. The van der Waals surface area contributed by atoms with E-state index in [9.17, 15) is 19.7 Å². The van der Waals surface area contributed by atoms with Crippen LogP contribution in [-0.4, -0.2) is 16.3 Å². The van der Waals surface area contributed by atoms with Gasteiger partial charge in [-0.2, -0.15) is 0 Å². The molecule has 0 unspecified atom stereocenters. The average Bonchev–Trinajstić information content (AvgIpc) is 2.33. The van der Waals surface area contributed by atoms with Gasteiger partial charge in [-0.15, -0.1) is 10.1 Å². The van der Waals surface area contributed by atoms with Gasteiger partial charge in [-0.25, -0.2) is 0 Å². The quantitative estimate of drug-likeness (QED) is 0.599. The molecule has 8 heteroatoms. The van der Waals surface area contributed by atoms with E-state index in [1.54, 1.807) is 24.3 Å². The van der Waals surface area contributed by atoms with Crippen LogP contribution in [-0.2, 0) is 11.4 Å². The van der Waals surface area contributed by atoms with Crippen molar-refractivity contribution >= 4 is 21.4 Å². The summed E-state index contributed by atoms with van der Waals surface area (Å²) in [5.41, 5.74) is -0.457. The van der Waals surface area contributed by atoms with Gasteiger partial charge in [-0.3, -0.25) is 14.2 Å². The van der Waals surface area contributed by atoms with Crippen LogP contribution in [0.1, 0.15) is 0 Å². The Labute approximate surface area is 104 Å². The van der Waals surface area contributed by atoms with Gasteiger partial charge < -0.3 is 4.84 Å². The molecule has 2 rings (SSSR count). The maximum atomic E-state index is 12.0. The summed E-state index contributed by atoms with van der Waals surface area (Å²) in [6.07, 6.45) is 0. The molecule has 7 nitrogen and oxygen atoms in total. The molecule has 0 radical (unpaired) electrons. The molecule has 0 fully saturated rings. The van der Waals surface area contributed by atoms with E-state index in [4.69, 9.17) is 0 Å². The Morgan fingerprint density at radius 1 is 1.33 bits per heavy atom. The first-order valence-corrected chi connectivity index (χ1v) is 5.81. The van der Waals surface area contributed by atoms with Crippen molar-refractivity contribution in [1.82, 2.24) is 4.57 Å². The Morgan fingerprint density at radius 2 is 2.06 bits per heavy atom. The van der Waals surface area contributed by atoms with Gasteiger partial charge in [-0.05, 0) is 12.1 Å². The molecule has 94 valence electrons. The van der Waals surface area contributed by atoms with E-state index < -0.39 is 15.5 Å². The molecule has 1 aromatic heterocycles. The molecule has 0 atom stereocenters. The predicted octanol–water partition coefficient (Wildman–Crippen LogP) is 0.631. The second-order valence-corrected chi connectivity index (χ2v) is 4.37. The Hall–Kier alpha value is -2.22. The lowest BCUT2D eigenvalue weighted by molar-refractivity contribution is -0.758.